The summed E-state index contributed by atoms with van der Waals surface area (Å²) in [5.41, 5.74) is 0. The van der Waals surface area contributed by atoms with Crippen LogP contribution in [0.25, 0.3) is 0 Å². The van der Waals surface area contributed by atoms with E-state index >= 15 is 0 Å². The molecule has 0 aliphatic heterocycles. The average Bonchev–Trinajstić information content (AvgIpc) is 2.21. The first-order valence-electron chi connectivity index (χ1n) is 6.43. The van der Waals surface area contributed by atoms with Crippen molar-refractivity contribution in [1.82, 2.24) is 4.90 Å². The minimum Gasteiger partial charge on any atom is -0.312 e. The van der Waals surface area contributed by atoms with E-state index < -0.39 is 0 Å². The van der Waals surface area contributed by atoms with Gasteiger partial charge >= 0.3 is 0 Å². The van der Waals surface area contributed by atoms with E-state index in [4.69, 9.17) is 0 Å². The molecule has 0 aromatic carbocycles. The Hall–Kier alpha value is 0.790. The number of hydrogen-bond donors (Lipinski definition) is 1. The summed E-state index contributed by atoms with van der Waals surface area (Å²) in [5, 5.41) is 1.17. The van der Waals surface area contributed by atoms with Gasteiger partial charge < -0.3 is 4.90 Å². The minimum absolute atomic E-state index is 1.06. The van der Waals surface area contributed by atoms with Crippen molar-refractivity contribution in [2.45, 2.75) is 51.4 Å². The Morgan fingerprint density at radius 2 is 1.06 bits per heavy atom. The van der Waals surface area contributed by atoms with E-state index in [-0.39, 0.29) is 0 Å². The zero-order valence-electron chi connectivity index (χ0n) is 11.3. The normalized spacial score (nSPS) is 10.1. The molecule has 0 rings (SSSR count). The molecule has 0 aromatic rings. The number of rotatable bonds is 9. The van der Waals surface area contributed by atoms with Crippen molar-refractivity contribution in [1.29, 1.82) is 0 Å². The van der Waals surface area contributed by atoms with Crippen LogP contribution >= 0.6 is 28.6 Å². The third-order valence-corrected chi connectivity index (χ3v) is 2.92. The molecule has 0 N–H and O–H groups in total. The Morgan fingerprint density at radius 3 is 1.38 bits per heavy atom. The molecule has 0 saturated heterocycles. The molecular formula is C13H30BrNS. The Morgan fingerprint density at radius 1 is 0.750 bits per heavy atom. The van der Waals surface area contributed by atoms with Crippen LogP contribution in [0.2, 0.25) is 0 Å². The zero-order valence-corrected chi connectivity index (χ0v) is 13.8. The van der Waals surface area contributed by atoms with Crippen LogP contribution < -0.4 is 0 Å². The molecule has 0 aliphatic carbocycles. The van der Waals surface area contributed by atoms with E-state index in [9.17, 15) is 0 Å². The molecule has 0 atom stereocenters. The maximum absolute atomic E-state index is 4.19. The topological polar surface area (TPSA) is 3.24 Å². The van der Waals surface area contributed by atoms with Crippen molar-refractivity contribution >= 4 is 28.6 Å². The van der Waals surface area contributed by atoms with E-state index in [0.717, 1.165) is 5.75 Å². The lowest BCUT2D eigenvalue weighted by Crippen LogP contribution is -1.99. The lowest BCUT2D eigenvalue weighted by Gasteiger charge is -1.99. The second-order valence-electron chi connectivity index (χ2n) is 4.58. The van der Waals surface area contributed by atoms with Gasteiger partial charge in [-0.05, 0) is 39.7 Å². The number of nitrogens with zero attached hydrogens (tertiary/aromatic N) is 1. The molecule has 0 unspecified atom stereocenters. The molecule has 0 saturated carbocycles. The van der Waals surface area contributed by atoms with Gasteiger partial charge in [-0.1, -0.05) is 54.5 Å². The third-order valence-electron chi connectivity index (χ3n) is 2.04. The van der Waals surface area contributed by atoms with Gasteiger partial charge in [-0.15, -0.1) is 0 Å². The molecule has 0 amide bonds. The monoisotopic (exact) mass is 311 g/mol. The largest absolute Gasteiger partial charge is 0.312 e. The summed E-state index contributed by atoms with van der Waals surface area (Å²) in [4.78, 5) is 2.00. The first-order valence-corrected chi connectivity index (χ1v) is 8.18. The first-order chi connectivity index (χ1) is 7.65. The van der Waals surface area contributed by atoms with E-state index in [2.05, 4.69) is 28.6 Å². The van der Waals surface area contributed by atoms with Gasteiger partial charge in [-0.25, -0.2) is 0 Å². The van der Waals surface area contributed by atoms with Crippen molar-refractivity contribution in [3.8, 4) is 0 Å². The van der Waals surface area contributed by atoms with Crippen LogP contribution in [0.5, 0.6) is 0 Å². The maximum atomic E-state index is 4.19. The van der Waals surface area contributed by atoms with Crippen LogP contribution in [0.3, 0.4) is 0 Å². The van der Waals surface area contributed by atoms with Crippen LogP contribution in [0.4, 0.5) is 0 Å². The summed E-state index contributed by atoms with van der Waals surface area (Å²) in [6, 6.07) is 0. The number of thiol groups is 1. The fraction of sp³-hybridized carbons (Fsp3) is 1.00. The fourth-order valence-electron chi connectivity index (χ4n) is 1.27. The fourth-order valence-corrected chi connectivity index (χ4v) is 1.89. The van der Waals surface area contributed by atoms with E-state index in [0.29, 0.717) is 0 Å². The SMILES string of the molecule is CN(C)C.SCCCCCCCCCCBr. The molecule has 0 heterocycles. The molecule has 0 fully saturated rings. The molecule has 100 valence electrons. The Bertz CT molecular complexity index is 97.4. The molecule has 0 bridgehead atoms. The minimum atomic E-state index is 1.06. The number of hydrogen-bond acceptors (Lipinski definition) is 2. The lowest BCUT2D eigenvalue weighted by molar-refractivity contribution is 0.505. The Kier molecular flexibility index (Phi) is 21.7. The standard InChI is InChI=1S/C10H21BrS.C3H9N/c11-9-7-5-3-1-2-4-6-8-10-12;1-4(2)3/h12H,1-10H2;1-3H3. The maximum Gasteiger partial charge on any atom is 0.00313 e. The molecule has 3 heteroatoms. The highest BCUT2D eigenvalue weighted by Crippen LogP contribution is 2.09. The summed E-state index contributed by atoms with van der Waals surface area (Å²) >= 11 is 7.63. The van der Waals surface area contributed by atoms with Crippen LogP contribution in [0.1, 0.15) is 51.4 Å². The lowest BCUT2D eigenvalue weighted by atomic mass is 10.1. The number of alkyl halides is 1. The van der Waals surface area contributed by atoms with Gasteiger partial charge in [0.25, 0.3) is 0 Å². The van der Waals surface area contributed by atoms with Gasteiger partial charge in [0.2, 0.25) is 0 Å². The third kappa shape index (κ3) is 29.3. The first kappa shape index (κ1) is 19.1. The Labute approximate surface area is 117 Å². The summed E-state index contributed by atoms with van der Waals surface area (Å²) < 4.78 is 0. The van der Waals surface area contributed by atoms with Crippen molar-refractivity contribution in [3.05, 3.63) is 0 Å². The van der Waals surface area contributed by atoms with E-state index in [1.54, 1.807) is 0 Å². The van der Waals surface area contributed by atoms with E-state index in [1.165, 1.54) is 56.7 Å². The molecule has 0 radical (unpaired) electrons. The van der Waals surface area contributed by atoms with Crippen molar-refractivity contribution in [2.75, 3.05) is 32.2 Å². The van der Waals surface area contributed by atoms with Crippen LogP contribution in [0, 0.1) is 0 Å². The number of halogens is 1. The highest BCUT2D eigenvalue weighted by Gasteiger charge is 1.90. The van der Waals surface area contributed by atoms with Gasteiger partial charge in [-0.3, -0.25) is 0 Å². The average molecular weight is 312 g/mol. The van der Waals surface area contributed by atoms with Gasteiger partial charge in [0.1, 0.15) is 0 Å². The quantitative estimate of drug-likeness (QED) is 0.370. The molecule has 0 aliphatic rings. The summed E-state index contributed by atoms with van der Waals surface area (Å²) in [6.07, 6.45) is 11.1. The molecule has 16 heavy (non-hydrogen) atoms. The van der Waals surface area contributed by atoms with E-state index in [1.807, 2.05) is 26.0 Å². The zero-order chi connectivity index (χ0) is 12.6. The van der Waals surface area contributed by atoms with Crippen molar-refractivity contribution < 1.29 is 0 Å². The highest BCUT2D eigenvalue weighted by molar-refractivity contribution is 9.09. The predicted octanol–water partition coefficient (Wildman–Crippen LogP) is 4.61. The predicted molar refractivity (Wildman–Crippen MR) is 84.2 cm³/mol. The van der Waals surface area contributed by atoms with Crippen LogP contribution in [-0.2, 0) is 0 Å². The second kappa shape index (κ2) is 18.2. The molecule has 0 spiro atoms. The number of unbranched alkanes of at least 4 members (excludes halogenated alkanes) is 7. The van der Waals surface area contributed by atoms with Gasteiger partial charge in [0, 0.05) is 5.33 Å². The summed E-state index contributed by atoms with van der Waals surface area (Å²) in [6.45, 7) is 0. The molecule has 0 aromatic heterocycles. The second-order valence-corrected chi connectivity index (χ2v) is 5.82. The van der Waals surface area contributed by atoms with Crippen molar-refractivity contribution in [2.24, 2.45) is 0 Å². The van der Waals surface area contributed by atoms with Gasteiger partial charge in [0.05, 0.1) is 0 Å². The van der Waals surface area contributed by atoms with Crippen LogP contribution in [0.15, 0.2) is 0 Å². The summed E-state index contributed by atoms with van der Waals surface area (Å²) in [7, 11) is 6.00. The Balaban J connectivity index is 0. The van der Waals surface area contributed by atoms with Gasteiger partial charge in [0.15, 0.2) is 0 Å². The highest BCUT2D eigenvalue weighted by atomic mass is 79.9. The summed E-state index contributed by atoms with van der Waals surface area (Å²) in [5.74, 6) is 1.06. The smallest absolute Gasteiger partial charge is 0.00313 e. The molecular weight excluding hydrogens is 282 g/mol. The van der Waals surface area contributed by atoms with Crippen LogP contribution in [-0.4, -0.2) is 37.1 Å². The molecule has 1 nitrogen and oxygen atoms in total. The van der Waals surface area contributed by atoms with Gasteiger partial charge in [-0.2, -0.15) is 12.6 Å². The van der Waals surface area contributed by atoms with Crippen molar-refractivity contribution in [3.63, 3.8) is 0 Å².